The van der Waals surface area contributed by atoms with Crippen molar-refractivity contribution in [2.45, 2.75) is 92.4 Å². The van der Waals surface area contributed by atoms with E-state index in [9.17, 15) is 0 Å². The molecule has 25 heavy (non-hydrogen) atoms. The van der Waals surface area contributed by atoms with Crippen LogP contribution in [0.3, 0.4) is 0 Å². The van der Waals surface area contributed by atoms with Gasteiger partial charge < -0.3 is 9.47 Å². The molecule has 0 saturated heterocycles. The summed E-state index contributed by atoms with van der Waals surface area (Å²) in [5, 5.41) is 0. The predicted octanol–water partition coefficient (Wildman–Crippen LogP) is 7.03. The van der Waals surface area contributed by atoms with E-state index in [4.69, 9.17) is 9.47 Å². The summed E-state index contributed by atoms with van der Waals surface area (Å²) in [5.74, 6) is 1.40. The number of hydrogen-bond donors (Lipinski definition) is 0. The van der Waals surface area contributed by atoms with Crippen molar-refractivity contribution in [3.8, 4) is 0 Å². The molecule has 0 saturated carbocycles. The van der Waals surface area contributed by atoms with Crippen molar-refractivity contribution in [1.82, 2.24) is 0 Å². The van der Waals surface area contributed by atoms with E-state index in [1.54, 1.807) is 0 Å². The van der Waals surface area contributed by atoms with Crippen LogP contribution in [0.2, 0.25) is 0 Å². The molecule has 0 aliphatic carbocycles. The van der Waals surface area contributed by atoms with E-state index in [1.807, 2.05) is 6.08 Å². The number of hydrogen-bond acceptors (Lipinski definition) is 2. The van der Waals surface area contributed by atoms with Crippen LogP contribution in [0.4, 0.5) is 0 Å². The molecular weight excluding hydrogens is 308 g/mol. The molecule has 0 aliphatic rings. The topological polar surface area (TPSA) is 18.5 Å². The fraction of sp³-hybridized carbons (Fsp3) is 0.913. The van der Waals surface area contributed by atoms with E-state index < -0.39 is 0 Å². The van der Waals surface area contributed by atoms with Gasteiger partial charge in [0.25, 0.3) is 0 Å². The molecule has 0 aromatic heterocycles. The standard InChI is InChI=1S/C23H46O2/c1-7-12-14-21(10-4)17-24-19-23(6,16-9-3)20-25-18-22(11-5)15-13-8-2/h9,21-22H,3,7-8,10-20H2,1-2,4-6H3. The van der Waals surface area contributed by atoms with Gasteiger partial charge in [-0.1, -0.05) is 79.2 Å². The molecule has 0 amide bonds. The van der Waals surface area contributed by atoms with Crippen LogP contribution in [0.25, 0.3) is 0 Å². The Kier molecular flexibility index (Phi) is 15.7. The first-order valence-corrected chi connectivity index (χ1v) is 10.8. The summed E-state index contributed by atoms with van der Waals surface area (Å²) in [7, 11) is 0. The van der Waals surface area contributed by atoms with Gasteiger partial charge in [-0.2, -0.15) is 0 Å². The maximum atomic E-state index is 6.12. The number of ether oxygens (including phenoxy) is 2. The Morgan fingerprint density at radius 3 is 1.60 bits per heavy atom. The molecule has 150 valence electrons. The van der Waals surface area contributed by atoms with Gasteiger partial charge in [-0.25, -0.2) is 0 Å². The maximum Gasteiger partial charge on any atom is 0.0544 e. The van der Waals surface area contributed by atoms with E-state index in [1.165, 1.54) is 51.4 Å². The lowest BCUT2D eigenvalue weighted by molar-refractivity contribution is -0.0300. The lowest BCUT2D eigenvalue weighted by Crippen LogP contribution is -2.30. The summed E-state index contributed by atoms with van der Waals surface area (Å²) in [6, 6.07) is 0. The third-order valence-corrected chi connectivity index (χ3v) is 5.33. The fourth-order valence-corrected chi connectivity index (χ4v) is 3.25. The highest BCUT2D eigenvalue weighted by molar-refractivity contribution is 4.83. The minimum atomic E-state index is 0.0494. The number of unbranched alkanes of at least 4 members (excludes halogenated alkanes) is 2. The maximum absolute atomic E-state index is 6.12. The average molecular weight is 355 g/mol. The molecule has 0 N–H and O–H groups in total. The molecule has 0 fully saturated rings. The molecule has 0 aromatic rings. The van der Waals surface area contributed by atoms with E-state index >= 15 is 0 Å². The Labute approximate surface area is 158 Å². The molecule has 0 bridgehead atoms. The molecule has 0 heterocycles. The van der Waals surface area contributed by atoms with Gasteiger partial charge in [0, 0.05) is 18.6 Å². The quantitative estimate of drug-likeness (QED) is 0.246. The normalized spacial score (nSPS) is 16.4. The summed E-state index contributed by atoms with van der Waals surface area (Å²) < 4.78 is 12.2. The Bertz CT molecular complexity index is 278. The summed E-state index contributed by atoms with van der Waals surface area (Å²) in [6.45, 7) is 18.6. The summed E-state index contributed by atoms with van der Waals surface area (Å²) in [5.41, 5.74) is 0.0494. The first-order valence-electron chi connectivity index (χ1n) is 10.8. The zero-order valence-electron chi connectivity index (χ0n) is 17.9. The van der Waals surface area contributed by atoms with Gasteiger partial charge in [0.05, 0.1) is 13.2 Å². The van der Waals surface area contributed by atoms with Crippen LogP contribution in [0.15, 0.2) is 12.7 Å². The second-order valence-corrected chi connectivity index (χ2v) is 8.17. The Hall–Kier alpha value is -0.340. The number of rotatable bonds is 18. The molecule has 2 heteroatoms. The molecular formula is C23H46O2. The predicted molar refractivity (Wildman–Crippen MR) is 111 cm³/mol. The van der Waals surface area contributed by atoms with Crippen molar-refractivity contribution in [1.29, 1.82) is 0 Å². The van der Waals surface area contributed by atoms with E-state index in [-0.39, 0.29) is 5.41 Å². The largest absolute Gasteiger partial charge is 0.380 e. The fourth-order valence-electron chi connectivity index (χ4n) is 3.25. The summed E-state index contributed by atoms with van der Waals surface area (Å²) in [4.78, 5) is 0. The van der Waals surface area contributed by atoms with Gasteiger partial charge in [0.2, 0.25) is 0 Å². The van der Waals surface area contributed by atoms with Gasteiger partial charge in [-0.05, 0) is 31.1 Å². The lowest BCUT2D eigenvalue weighted by atomic mass is 9.88. The highest BCUT2D eigenvalue weighted by Gasteiger charge is 2.24. The Morgan fingerprint density at radius 2 is 1.28 bits per heavy atom. The third kappa shape index (κ3) is 12.6. The van der Waals surface area contributed by atoms with Crippen molar-refractivity contribution in [3.05, 3.63) is 12.7 Å². The van der Waals surface area contributed by atoms with Crippen LogP contribution in [0, 0.1) is 17.3 Å². The van der Waals surface area contributed by atoms with Crippen LogP contribution in [0.5, 0.6) is 0 Å². The zero-order valence-corrected chi connectivity index (χ0v) is 17.9. The molecule has 2 unspecified atom stereocenters. The second kappa shape index (κ2) is 15.9. The van der Waals surface area contributed by atoms with E-state index in [2.05, 4.69) is 41.2 Å². The SMILES string of the molecule is C=CCC(C)(COCC(CC)CCCC)COCC(CC)CCCC. The van der Waals surface area contributed by atoms with Crippen molar-refractivity contribution >= 4 is 0 Å². The van der Waals surface area contributed by atoms with Crippen LogP contribution >= 0.6 is 0 Å². The van der Waals surface area contributed by atoms with E-state index in [0.717, 1.165) is 32.8 Å². The van der Waals surface area contributed by atoms with Gasteiger partial charge in [-0.3, -0.25) is 0 Å². The van der Waals surface area contributed by atoms with Crippen LogP contribution in [0.1, 0.15) is 92.4 Å². The minimum Gasteiger partial charge on any atom is -0.380 e. The first kappa shape index (κ1) is 24.7. The monoisotopic (exact) mass is 354 g/mol. The third-order valence-electron chi connectivity index (χ3n) is 5.33. The molecule has 0 radical (unpaired) electrons. The second-order valence-electron chi connectivity index (χ2n) is 8.17. The van der Waals surface area contributed by atoms with Crippen molar-refractivity contribution < 1.29 is 9.47 Å². The van der Waals surface area contributed by atoms with Crippen LogP contribution < -0.4 is 0 Å². The average Bonchev–Trinajstić information content (AvgIpc) is 2.61. The van der Waals surface area contributed by atoms with Gasteiger partial charge in [0.15, 0.2) is 0 Å². The lowest BCUT2D eigenvalue weighted by Gasteiger charge is -2.30. The summed E-state index contributed by atoms with van der Waals surface area (Å²) in [6.07, 6.45) is 13.1. The number of allylic oxidation sites excluding steroid dienone is 1. The van der Waals surface area contributed by atoms with Crippen LogP contribution in [-0.4, -0.2) is 26.4 Å². The minimum absolute atomic E-state index is 0.0494. The van der Waals surface area contributed by atoms with Crippen molar-refractivity contribution in [2.75, 3.05) is 26.4 Å². The molecule has 2 nitrogen and oxygen atoms in total. The van der Waals surface area contributed by atoms with Gasteiger partial charge >= 0.3 is 0 Å². The zero-order chi connectivity index (χ0) is 19.0. The van der Waals surface area contributed by atoms with Gasteiger partial charge in [-0.15, -0.1) is 6.58 Å². The van der Waals surface area contributed by atoms with Crippen molar-refractivity contribution in [3.63, 3.8) is 0 Å². The molecule has 0 aliphatic heterocycles. The van der Waals surface area contributed by atoms with E-state index in [0.29, 0.717) is 11.8 Å². The van der Waals surface area contributed by atoms with Gasteiger partial charge in [0.1, 0.15) is 0 Å². The highest BCUT2D eigenvalue weighted by atomic mass is 16.5. The smallest absolute Gasteiger partial charge is 0.0544 e. The molecule has 2 atom stereocenters. The molecule has 0 spiro atoms. The Morgan fingerprint density at radius 1 is 0.840 bits per heavy atom. The highest BCUT2D eigenvalue weighted by Crippen LogP contribution is 2.25. The molecule has 0 rings (SSSR count). The Balaban J connectivity index is 4.26. The van der Waals surface area contributed by atoms with Crippen molar-refractivity contribution in [2.24, 2.45) is 17.3 Å². The summed E-state index contributed by atoms with van der Waals surface area (Å²) >= 11 is 0. The van der Waals surface area contributed by atoms with Crippen LogP contribution in [-0.2, 0) is 9.47 Å². The molecule has 0 aromatic carbocycles. The first-order chi connectivity index (χ1) is 12.0.